The molecule has 13 heteroatoms. The smallest absolute Gasteiger partial charge is 0.342 e. The van der Waals surface area contributed by atoms with Crippen molar-refractivity contribution in [3.05, 3.63) is 76.9 Å². The Kier molecular flexibility index (Phi) is 7.23. The Morgan fingerprint density at radius 3 is 2.38 bits per heavy atom. The van der Waals surface area contributed by atoms with Crippen LogP contribution >= 0.6 is 0 Å². The first-order valence-electron chi connectivity index (χ1n) is 11.2. The Labute approximate surface area is 208 Å². The van der Waals surface area contributed by atoms with Crippen LogP contribution in [0.4, 0.5) is 17.6 Å². The zero-order valence-electron chi connectivity index (χ0n) is 19.6. The number of carbonyl (C=O) groups excluding carboxylic acids is 3. The third-order valence-electron chi connectivity index (χ3n) is 5.83. The summed E-state index contributed by atoms with van der Waals surface area (Å²) in [6.07, 6.45) is -3.39. The van der Waals surface area contributed by atoms with Crippen molar-refractivity contribution in [2.75, 3.05) is 32.7 Å². The lowest BCUT2D eigenvalue weighted by atomic mass is 10.0. The maximum absolute atomic E-state index is 13.6. The first-order chi connectivity index (χ1) is 17.5. The van der Waals surface area contributed by atoms with Gasteiger partial charge in [0.1, 0.15) is 5.82 Å². The van der Waals surface area contributed by atoms with E-state index in [0.29, 0.717) is 18.2 Å². The molecule has 0 radical (unpaired) electrons. The fraction of sp³-hybridized carbons (Fsp3) is 0.292. The highest BCUT2D eigenvalue weighted by atomic mass is 19.4. The number of piperazine rings is 1. The van der Waals surface area contributed by atoms with Gasteiger partial charge in [0.2, 0.25) is 5.91 Å². The van der Waals surface area contributed by atoms with Crippen molar-refractivity contribution in [1.82, 2.24) is 30.1 Å². The van der Waals surface area contributed by atoms with E-state index in [1.54, 1.807) is 6.07 Å². The van der Waals surface area contributed by atoms with Crippen molar-refractivity contribution in [2.45, 2.75) is 13.1 Å². The van der Waals surface area contributed by atoms with Gasteiger partial charge in [-0.15, -0.1) is 5.10 Å². The molecule has 0 bridgehead atoms. The van der Waals surface area contributed by atoms with Gasteiger partial charge in [0.25, 0.3) is 11.8 Å². The monoisotopic (exact) mass is 518 g/mol. The van der Waals surface area contributed by atoms with Crippen LogP contribution in [0.3, 0.4) is 0 Å². The first-order valence-corrected chi connectivity index (χ1v) is 11.2. The maximum atomic E-state index is 13.6. The first kappa shape index (κ1) is 25.8. The van der Waals surface area contributed by atoms with E-state index in [1.807, 2.05) is 25.1 Å². The molecule has 3 amide bonds. The van der Waals surface area contributed by atoms with Crippen molar-refractivity contribution in [3.8, 4) is 5.69 Å². The maximum Gasteiger partial charge on any atom is 0.417 e. The summed E-state index contributed by atoms with van der Waals surface area (Å²) < 4.78 is 54.8. The van der Waals surface area contributed by atoms with E-state index in [1.165, 1.54) is 15.8 Å². The Bertz CT molecular complexity index is 1330. The quantitative estimate of drug-likeness (QED) is 0.523. The number of hydrogen-bond donors (Lipinski definition) is 1. The lowest BCUT2D eigenvalue weighted by Crippen LogP contribution is -2.52. The van der Waals surface area contributed by atoms with Crippen LogP contribution in [0.25, 0.3) is 5.69 Å². The molecule has 0 unspecified atom stereocenters. The fourth-order valence-electron chi connectivity index (χ4n) is 3.89. The summed E-state index contributed by atoms with van der Waals surface area (Å²) in [5.41, 5.74) is -0.267. The Morgan fingerprint density at radius 2 is 1.70 bits per heavy atom. The van der Waals surface area contributed by atoms with Crippen LogP contribution in [0.1, 0.15) is 32.0 Å². The molecule has 37 heavy (non-hydrogen) atoms. The van der Waals surface area contributed by atoms with E-state index in [2.05, 4.69) is 15.6 Å². The SMILES string of the molecule is Cc1cccc(-n2cc(C(=O)NCC(=O)N3CCN(C(=O)c4cc(F)ccc4C(F)(F)F)CC3)nn2)c1. The molecule has 1 saturated heterocycles. The second-order valence-corrected chi connectivity index (χ2v) is 8.43. The summed E-state index contributed by atoms with van der Waals surface area (Å²) in [5.74, 6) is -2.97. The largest absolute Gasteiger partial charge is 0.417 e. The summed E-state index contributed by atoms with van der Waals surface area (Å²) in [4.78, 5) is 40.1. The van der Waals surface area contributed by atoms with Gasteiger partial charge in [-0.1, -0.05) is 17.3 Å². The summed E-state index contributed by atoms with van der Waals surface area (Å²) in [7, 11) is 0. The van der Waals surface area contributed by atoms with Crippen LogP contribution in [0.2, 0.25) is 0 Å². The third-order valence-corrected chi connectivity index (χ3v) is 5.83. The highest BCUT2D eigenvalue weighted by Gasteiger charge is 2.37. The molecule has 4 rings (SSSR count). The van der Waals surface area contributed by atoms with E-state index in [-0.39, 0.29) is 38.4 Å². The van der Waals surface area contributed by atoms with Gasteiger partial charge in [-0.3, -0.25) is 14.4 Å². The van der Waals surface area contributed by atoms with E-state index in [9.17, 15) is 31.9 Å². The van der Waals surface area contributed by atoms with Crippen LogP contribution < -0.4 is 5.32 Å². The van der Waals surface area contributed by atoms with E-state index < -0.39 is 40.8 Å². The number of aryl methyl sites for hydroxylation is 1. The lowest BCUT2D eigenvalue weighted by molar-refractivity contribution is -0.138. The number of amides is 3. The van der Waals surface area contributed by atoms with Crippen LogP contribution in [-0.4, -0.2) is 75.2 Å². The molecule has 0 spiro atoms. The van der Waals surface area contributed by atoms with Crippen LogP contribution in [-0.2, 0) is 11.0 Å². The molecule has 0 aliphatic carbocycles. The van der Waals surface area contributed by atoms with Gasteiger partial charge in [0.15, 0.2) is 5.69 Å². The molecule has 1 aliphatic heterocycles. The van der Waals surface area contributed by atoms with Gasteiger partial charge in [-0.2, -0.15) is 13.2 Å². The molecule has 2 aromatic carbocycles. The molecule has 1 aliphatic rings. The molecule has 1 N–H and O–H groups in total. The molecular weight excluding hydrogens is 496 g/mol. The van der Waals surface area contributed by atoms with Crippen LogP contribution in [0, 0.1) is 12.7 Å². The molecule has 0 saturated carbocycles. The Morgan fingerprint density at radius 1 is 1.00 bits per heavy atom. The highest BCUT2D eigenvalue weighted by Crippen LogP contribution is 2.33. The summed E-state index contributed by atoms with van der Waals surface area (Å²) >= 11 is 0. The number of rotatable bonds is 5. The zero-order chi connectivity index (χ0) is 26.7. The van der Waals surface area contributed by atoms with Crippen LogP contribution in [0.5, 0.6) is 0 Å². The second kappa shape index (κ2) is 10.4. The number of aromatic nitrogens is 3. The van der Waals surface area contributed by atoms with E-state index in [4.69, 9.17) is 0 Å². The van der Waals surface area contributed by atoms with E-state index in [0.717, 1.165) is 16.2 Å². The standard InChI is InChI=1S/C24H22F4N6O3/c1-15-3-2-4-17(11-15)34-14-20(30-31-34)22(36)29-13-21(35)32-7-9-33(10-8-32)23(37)18-12-16(25)5-6-19(18)24(26,27)28/h2-6,11-12,14H,7-10,13H2,1H3,(H,29,36). The Balaban J connectivity index is 1.31. The van der Waals surface area contributed by atoms with Gasteiger partial charge in [0, 0.05) is 26.2 Å². The minimum absolute atomic E-state index is 0.0142. The summed E-state index contributed by atoms with van der Waals surface area (Å²) in [5, 5.41) is 10.2. The highest BCUT2D eigenvalue weighted by molar-refractivity contribution is 5.96. The molecule has 3 aromatic rings. The Hall–Kier alpha value is -4.29. The van der Waals surface area contributed by atoms with Gasteiger partial charge in [-0.25, -0.2) is 9.07 Å². The van der Waals surface area contributed by atoms with E-state index >= 15 is 0 Å². The van der Waals surface area contributed by atoms with Crippen molar-refractivity contribution in [3.63, 3.8) is 0 Å². The number of hydrogen-bond acceptors (Lipinski definition) is 5. The number of benzene rings is 2. The van der Waals surface area contributed by atoms with Crippen molar-refractivity contribution in [1.29, 1.82) is 0 Å². The molecule has 0 atom stereocenters. The molecule has 9 nitrogen and oxygen atoms in total. The zero-order valence-corrected chi connectivity index (χ0v) is 19.6. The van der Waals surface area contributed by atoms with Crippen molar-refractivity contribution < 1.29 is 31.9 Å². The molecule has 194 valence electrons. The lowest BCUT2D eigenvalue weighted by Gasteiger charge is -2.35. The van der Waals surface area contributed by atoms with Crippen LogP contribution in [0.15, 0.2) is 48.7 Å². The number of alkyl halides is 3. The summed E-state index contributed by atoms with van der Waals surface area (Å²) in [6.45, 7) is 1.57. The molecule has 1 fully saturated rings. The predicted octanol–water partition coefficient (Wildman–Crippen LogP) is 2.45. The molecule has 2 heterocycles. The van der Waals surface area contributed by atoms with Crippen molar-refractivity contribution >= 4 is 17.7 Å². The minimum Gasteiger partial charge on any atom is -0.342 e. The average molecular weight is 518 g/mol. The van der Waals surface area contributed by atoms with Gasteiger partial charge < -0.3 is 15.1 Å². The number of carbonyl (C=O) groups is 3. The number of halogens is 4. The average Bonchev–Trinajstić information content (AvgIpc) is 3.36. The molecule has 1 aromatic heterocycles. The number of nitrogens with one attached hydrogen (secondary N) is 1. The van der Waals surface area contributed by atoms with Crippen molar-refractivity contribution in [2.24, 2.45) is 0 Å². The predicted molar refractivity (Wildman–Crippen MR) is 122 cm³/mol. The topological polar surface area (TPSA) is 100 Å². The second-order valence-electron chi connectivity index (χ2n) is 8.43. The number of nitrogens with zero attached hydrogens (tertiary/aromatic N) is 5. The van der Waals surface area contributed by atoms with Gasteiger partial charge in [-0.05, 0) is 42.8 Å². The molecular formula is C24H22F4N6O3. The minimum atomic E-state index is -4.82. The van der Waals surface area contributed by atoms with Gasteiger partial charge in [0.05, 0.1) is 29.6 Å². The summed E-state index contributed by atoms with van der Waals surface area (Å²) in [6, 6.07) is 9.16. The van der Waals surface area contributed by atoms with Gasteiger partial charge >= 0.3 is 6.18 Å². The fourth-order valence-corrected chi connectivity index (χ4v) is 3.89. The third kappa shape index (κ3) is 5.93. The normalized spacial score (nSPS) is 14.0.